The molecular formula is C24H28N6O3S. The molecule has 0 saturated heterocycles. The van der Waals surface area contributed by atoms with E-state index in [2.05, 4.69) is 30.9 Å². The maximum absolute atomic E-state index is 12.6. The van der Waals surface area contributed by atoms with Gasteiger partial charge < -0.3 is 25.5 Å². The van der Waals surface area contributed by atoms with Crippen molar-refractivity contribution in [3.63, 3.8) is 0 Å². The fraction of sp³-hybridized carbons (Fsp3) is 0.333. The lowest BCUT2D eigenvalue weighted by molar-refractivity contribution is 0.0691. The zero-order valence-electron chi connectivity index (χ0n) is 19.8. The molecule has 0 aliphatic heterocycles. The van der Waals surface area contributed by atoms with Crippen molar-refractivity contribution in [1.29, 1.82) is 0 Å². The highest BCUT2D eigenvalue weighted by Crippen LogP contribution is 2.32. The predicted molar refractivity (Wildman–Crippen MR) is 135 cm³/mol. The van der Waals surface area contributed by atoms with Gasteiger partial charge in [-0.05, 0) is 52.8 Å². The number of amides is 1. The van der Waals surface area contributed by atoms with Crippen LogP contribution in [0.4, 0.5) is 17.2 Å². The summed E-state index contributed by atoms with van der Waals surface area (Å²) in [7, 11) is 0. The third-order valence-corrected chi connectivity index (χ3v) is 5.67. The molecular weight excluding hydrogens is 452 g/mol. The van der Waals surface area contributed by atoms with Crippen molar-refractivity contribution in [2.45, 2.75) is 46.3 Å². The number of aryl methyl sites for hydroxylation is 1. The van der Waals surface area contributed by atoms with Crippen LogP contribution in [0.25, 0.3) is 21.7 Å². The second-order valence-corrected chi connectivity index (χ2v) is 9.88. The van der Waals surface area contributed by atoms with Crippen LogP contribution in [-0.4, -0.2) is 44.2 Å². The van der Waals surface area contributed by atoms with E-state index >= 15 is 0 Å². The molecule has 1 amide bonds. The standard InChI is InChI=1S/C24H28N6O3S/c1-13(2)28-18-9-20(29-15-6-7-17-19(8-15)34-12-27-17)25-10-16(18)23-30-21(14(3)33-23)22(31)26-11-24(4,5)32/h6-10,12-13,32H,11H2,1-5H3,(H,26,31)(H2,25,28,29). The first-order chi connectivity index (χ1) is 16.1. The maximum Gasteiger partial charge on any atom is 0.273 e. The minimum atomic E-state index is -1.03. The zero-order valence-corrected chi connectivity index (χ0v) is 20.6. The van der Waals surface area contributed by atoms with E-state index in [1.807, 2.05) is 43.6 Å². The van der Waals surface area contributed by atoms with Gasteiger partial charge in [-0.1, -0.05) is 0 Å². The largest absolute Gasteiger partial charge is 0.440 e. The fourth-order valence-electron chi connectivity index (χ4n) is 3.31. The Kier molecular flexibility index (Phi) is 6.54. The van der Waals surface area contributed by atoms with Crippen LogP contribution in [0.1, 0.15) is 43.9 Å². The Bertz CT molecular complexity index is 1320. The van der Waals surface area contributed by atoms with Gasteiger partial charge in [0.1, 0.15) is 11.6 Å². The number of thiazole rings is 1. The maximum atomic E-state index is 12.6. The van der Waals surface area contributed by atoms with Crippen LogP contribution in [0.2, 0.25) is 0 Å². The first-order valence-corrected chi connectivity index (χ1v) is 11.8. The van der Waals surface area contributed by atoms with Crippen molar-refractivity contribution in [2.24, 2.45) is 0 Å². The van der Waals surface area contributed by atoms with E-state index in [9.17, 15) is 9.90 Å². The van der Waals surface area contributed by atoms with Crippen LogP contribution >= 0.6 is 11.3 Å². The van der Waals surface area contributed by atoms with Gasteiger partial charge in [0, 0.05) is 30.5 Å². The van der Waals surface area contributed by atoms with Crippen molar-refractivity contribution < 1.29 is 14.3 Å². The number of carbonyl (C=O) groups is 1. The van der Waals surface area contributed by atoms with Gasteiger partial charge >= 0.3 is 0 Å². The third-order valence-electron chi connectivity index (χ3n) is 4.88. The molecule has 178 valence electrons. The number of fused-ring (bicyclic) bond motifs is 1. The minimum Gasteiger partial charge on any atom is -0.440 e. The van der Waals surface area contributed by atoms with E-state index in [-0.39, 0.29) is 18.3 Å². The van der Waals surface area contributed by atoms with Crippen molar-refractivity contribution in [2.75, 3.05) is 17.2 Å². The summed E-state index contributed by atoms with van der Waals surface area (Å²) in [5.74, 6) is 0.929. The van der Waals surface area contributed by atoms with Crippen LogP contribution in [0.15, 0.2) is 40.4 Å². The van der Waals surface area contributed by atoms with Gasteiger partial charge in [0.15, 0.2) is 5.69 Å². The highest BCUT2D eigenvalue weighted by molar-refractivity contribution is 7.16. The molecule has 1 aromatic carbocycles. The van der Waals surface area contributed by atoms with Crippen molar-refractivity contribution in [3.8, 4) is 11.5 Å². The second kappa shape index (κ2) is 9.40. The molecule has 0 unspecified atom stereocenters. The van der Waals surface area contributed by atoms with Gasteiger partial charge in [-0.25, -0.2) is 15.0 Å². The van der Waals surface area contributed by atoms with Crippen LogP contribution < -0.4 is 16.0 Å². The van der Waals surface area contributed by atoms with Gasteiger partial charge in [0.25, 0.3) is 5.91 Å². The first kappa shape index (κ1) is 23.7. The number of rotatable bonds is 8. The van der Waals surface area contributed by atoms with Crippen molar-refractivity contribution in [1.82, 2.24) is 20.3 Å². The topological polar surface area (TPSA) is 125 Å². The Labute approximate surface area is 201 Å². The van der Waals surface area contributed by atoms with E-state index < -0.39 is 11.5 Å². The summed E-state index contributed by atoms with van der Waals surface area (Å²) in [6, 6.07) is 8.00. The van der Waals surface area contributed by atoms with Gasteiger partial charge in [-0.15, -0.1) is 11.3 Å². The molecule has 10 heteroatoms. The number of benzene rings is 1. The Morgan fingerprint density at radius 1 is 1.24 bits per heavy atom. The lowest BCUT2D eigenvalue weighted by Gasteiger charge is -2.17. The first-order valence-electron chi connectivity index (χ1n) is 10.9. The lowest BCUT2D eigenvalue weighted by atomic mass is 10.1. The molecule has 3 heterocycles. The second-order valence-electron chi connectivity index (χ2n) is 8.99. The number of hydrogen-bond donors (Lipinski definition) is 4. The molecule has 0 aliphatic carbocycles. The SMILES string of the molecule is Cc1oc(-c2cnc(Nc3ccc4ncsc4c3)cc2NC(C)C)nc1C(=O)NCC(C)(C)O. The summed E-state index contributed by atoms with van der Waals surface area (Å²) < 4.78 is 6.92. The Hall–Kier alpha value is -3.50. The molecule has 0 atom stereocenters. The minimum absolute atomic E-state index is 0.100. The monoisotopic (exact) mass is 480 g/mol. The number of aliphatic hydroxyl groups is 1. The number of pyridine rings is 1. The average Bonchev–Trinajstić information content (AvgIpc) is 3.37. The summed E-state index contributed by atoms with van der Waals surface area (Å²) >= 11 is 1.58. The van der Waals surface area contributed by atoms with Gasteiger partial charge in [-0.3, -0.25) is 4.79 Å². The molecule has 0 aliphatic rings. The number of carbonyl (C=O) groups excluding carboxylic acids is 1. The summed E-state index contributed by atoms with van der Waals surface area (Å²) in [6.07, 6.45) is 1.67. The Morgan fingerprint density at radius 3 is 2.76 bits per heavy atom. The fourth-order valence-corrected chi connectivity index (χ4v) is 4.02. The van der Waals surface area contributed by atoms with E-state index in [0.717, 1.165) is 21.6 Å². The molecule has 4 rings (SSSR count). The Morgan fingerprint density at radius 2 is 2.03 bits per heavy atom. The number of hydrogen-bond acceptors (Lipinski definition) is 9. The van der Waals surface area contributed by atoms with E-state index in [0.29, 0.717) is 23.0 Å². The Balaban J connectivity index is 1.62. The number of oxazole rings is 1. The van der Waals surface area contributed by atoms with Crippen LogP contribution in [-0.2, 0) is 0 Å². The number of anilines is 3. The lowest BCUT2D eigenvalue weighted by Crippen LogP contribution is -2.38. The molecule has 0 spiro atoms. The summed E-state index contributed by atoms with van der Waals surface area (Å²) in [4.78, 5) is 25.8. The quantitative estimate of drug-likeness (QED) is 0.285. The number of aromatic nitrogens is 3. The molecule has 0 saturated carbocycles. The molecule has 0 fully saturated rings. The molecule has 3 aromatic heterocycles. The predicted octanol–water partition coefficient (Wildman–Crippen LogP) is 4.72. The smallest absolute Gasteiger partial charge is 0.273 e. The van der Waals surface area contributed by atoms with Crippen LogP contribution in [0, 0.1) is 6.92 Å². The highest BCUT2D eigenvalue weighted by atomic mass is 32.1. The summed E-state index contributed by atoms with van der Waals surface area (Å²) in [5, 5.41) is 19.3. The summed E-state index contributed by atoms with van der Waals surface area (Å²) in [6.45, 7) is 9.09. The molecule has 0 radical (unpaired) electrons. The van der Waals surface area contributed by atoms with E-state index in [1.54, 1.807) is 38.3 Å². The van der Waals surface area contributed by atoms with Crippen molar-refractivity contribution >= 4 is 44.7 Å². The average molecular weight is 481 g/mol. The third kappa shape index (κ3) is 5.52. The highest BCUT2D eigenvalue weighted by Gasteiger charge is 2.22. The number of nitrogens with zero attached hydrogens (tertiary/aromatic N) is 3. The summed E-state index contributed by atoms with van der Waals surface area (Å²) in [5.41, 5.74) is 4.26. The van der Waals surface area contributed by atoms with Crippen LogP contribution in [0.5, 0.6) is 0 Å². The molecule has 4 N–H and O–H groups in total. The van der Waals surface area contributed by atoms with Gasteiger partial charge in [-0.2, -0.15) is 0 Å². The molecule has 34 heavy (non-hydrogen) atoms. The van der Waals surface area contributed by atoms with Crippen molar-refractivity contribution in [3.05, 3.63) is 47.4 Å². The van der Waals surface area contributed by atoms with Crippen LogP contribution in [0.3, 0.4) is 0 Å². The molecule has 0 bridgehead atoms. The van der Waals surface area contributed by atoms with Gasteiger partial charge in [0.05, 0.1) is 32.6 Å². The van der Waals surface area contributed by atoms with E-state index in [1.165, 1.54) is 0 Å². The zero-order chi connectivity index (χ0) is 24.5. The van der Waals surface area contributed by atoms with Gasteiger partial charge in [0.2, 0.25) is 5.89 Å². The molecule has 9 nitrogen and oxygen atoms in total. The number of nitrogens with one attached hydrogen (secondary N) is 3. The molecule has 4 aromatic rings. The van der Waals surface area contributed by atoms with E-state index in [4.69, 9.17) is 4.42 Å². The normalized spacial score (nSPS) is 11.7.